The van der Waals surface area contributed by atoms with Crippen LogP contribution in [0.1, 0.15) is 37.7 Å². The van der Waals surface area contributed by atoms with Gasteiger partial charge in [0.05, 0.1) is 16.8 Å². The van der Waals surface area contributed by atoms with E-state index in [1.165, 1.54) is 48.2 Å². The molecular formula is C14H19N3S. The molecule has 4 heteroatoms. The van der Waals surface area contributed by atoms with Crippen molar-refractivity contribution in [1.29, 1.82) is 0 Å². The molecule has 3 nitrogen and oxygen atoms in total. The van der Waals surface area contributed by atoms with Crippen LogP contribution in [0.3, 0.4) is 0 Å². The number of thiophene rings is 1. The van der Waals surface area contributed by atoms with Crippen LogP contribution in [0.25, 0.3) is 10.6 Å². The average Bonchev–Trinajstić information content (AvgIpc) is 3.08. The smallest absolute Gasteiger partial charge is 0.0794 e. The van der Waals surface area contributed by atoms with Crippen molar-refractivity contribution >= 4 is 11.3 Å². The Bertz CT molecular complexity index is 469. The number of hydrogen-bond donors (Lipinski definition) is 2. The monoisotopic (exact) mass is 261 g/mol. The number of aromatic amines is 1. The van der Waals surface area contributed by atoms with Crippen LogP contribution >= 0.6 is 11.3 Å². The maximum atomic E-state index is 4.18. The Kier molecular flexibility index (Phi) is 3.76. The Morgan fingerprint density at radius 2 is 2.22 bits per heavy atom. The first-order chi connectivity index (χ1) is 8.93. The lowest BCUT2D eigenvalue weighted by Gasteiger charge is -2.22. The molecule has 0 unspecified atom stereocenters. The van der Waals surface area contributed by atoms with Crippen molar-refractivity contribution in [2.45, 2.75) is 44.7 Å². The van der Waals surface area contributed by atoms with Crippen molar-refractivity contribution < 1.29 is 0 Å². The summed E-state index contributed by atoms with van der Waals surface area (Å²) < 4.78 is 0. The Balaban J connectivity index is 1.64. The van der Waals surface area contributed by atoms with Crippen LogP contribution in [0, 0.1) is 0 Å². The molecule has 0 amide bonds. The summed E-state index contributed by atoms with van der Waals surface area (Å²) in [5, 5.41) is 13.1. The zero-order valence-electron chi connectivity index (χ0n) is 10.5. The second-order valence-corrected chi connectivity index (χ2v) is 5.91. The average molecular weight is 261 g/mol. The van der Waals surface area contributed by atoms with E-state index in [0.29, 0.717) is 6.04 Å². The molecule has 3 rings (SSSR count). The highest BCUT2D eigenvalue weighted by Gasteiger charge is 2.14. The topological polar surface area (TPSA) is 40.7 Å². The number of rotatable bonds is 4. The Morgan fingerprint density at radius 1 is 1.33 bits per heavy atom. The molecule has 2 heterocycles. The summed E-state index contributed by atoms with van der Waals surface area (Å²) in [4.78, 5) is 1.27. The molecule has 1 fully saturated rings. The normalized spacial score (nSPS) is 17.1. The van der Waals surface area contributed by atoms with Crippen LogP contribution in [-0.2, 0) is 6.54 Å². The van der Waals surface area contributed by atoms with Gasteiger partial charge in [-0.25, -0.2) is 0 Å². The van der Waals surface area contributed by atoms with E-state index in [2.05, 4.69) is 33.0 Å². The van der Waals surface area contributed by atoms with Gasteiger partial charge in [0, 0.05) is 18.2 Å². The van der Waals surface area contributed by atoms with Gasteiger partial charge in [0.25, 0.3) is 0 Å². The quantitative estimate of drug-likeness (QED) is 0.883. The molecule has 2 aromatic heterocycles. The number of aromatic nitrogens is 2. The van der Waals surface area contributed by atoms with E-state index in [4.69, 9.17) is 0 Å². The van der Waals surface area contributed by atoms with E-state index in [0.717, 1.165) is 6.54 Å². The van der Waals surface area contributed by atoms with Gasteiger partial charge in [-0.1, -0.05) is 25.3 Å². The first-order valence-electron chi connectivity index (χ1n) is 6.73. The minimum Gasteiger partial charge on any atom is -0.310 e. The molecule has 18 heavy (non-hydrogen) atoms. The van der Waals surface area contributed by atoms with Gasteiger partial charge >= 0.3 is 0 Å². The van der Waals surface area contributed by atoms with E-state index in [9.17, 15) is 0 Å². The van der Waals surface area contributed by atoms with Gasteiger partial charge in [0.1, 0.15) is 0 Å². The summed E-state index contributed by atoms with van der Waals surface area (Å²) in [7, 11) is 0. The first-order valence-corrected chi connectivity index (χ1v) is 7.61. The lowest BCUT2D eigenvalue weighted by molar-refractivity contribution is 0.372. The first kappa shape index (κ1) is 11.9. The Labute approximate surface area is 112 Å². The molecule has 0 bridgehead atoms. The standard InChI is InChI=1S/C14H19N3S/c1-2-5-12(6-3-1)15-9-11-10-16-17-14(11)13-7-4-8-18-13/h4,7-8,10,12,15H,1-3,5-6,9H2,(H,16,17). The Hall–Kier alpha value is -1.13. The second-order valence-electron chi connectivity index (χ2n) is 4.96. The molecule has 1 aliphatic rings. The minimum atomic E-state index is 0.699. The molecule has 0 radical (unpaired) electrons. The minimum absolute atomic E-state index is 0.699. The predicted molar refractivity (Wildman–Crippen MR) is 75.6 cm³/mol. The number of hydrogen-bond acceptors (Lipinski definition) is 3. The molecule has 0 saturated heterocycles. The third kappa shape index (κ3) is 2.65. The van der Waals surface area contributed by atoms with E-state index in [1.807, 2.05) is 6.20 Å². The van der Waals surface area contributed by atoms with Crippen molar-refractivity contribution in [3.63, 3.8) is 0 Å². The Morgan fingerprint density at radius 3 is 3.00 bits per heavy atom. The summed E-state index contributed by atoms with van der Waals surface area (Å²) in [6.45, 7) is 0.925. The van der Waals surface area contributed by atoms with Crippen molar-refractivity contribution in [1.82, 2.24) is 15.5 Å². The third-order valence-electron chi connectivity index (χ3n) is 3.67. The lowest BCUT2D eigenvalue weighted by Crippen LogP contribution is -2.30. The number of H-pyrrole nitrogens is 1. The highest BCUT2D eigenvalue weighted by atomic mass is 32.1. The van der Waals surface area contributed by atoms with Crippen molar-refractivity contribution in [3.8, 4) is 10.6 Å². The van der Waals surface area contributed by atoms with Crippen LogP contribution < -0.4 is 5.32 Å². The summed E-state index contributed by atoms with van der Waals surface area (Å²) in [5.41, 5.74) is 2.45. The maximum Gasteiger partial charge on any atom is 0.0794 e. The molecule has 0 aromatic carbocycles. The van der Waals surface area contributed by atoms with Crippen molar-refractivity contribution in [2.24, 2.45) is 0 Å². The molecule has 1 saturated carbocycles. The van der Waals surface area contributed by atoms with Gasteiger partial charge in [-0.15, -0.1) is 11.3 Å². The molecular weight excluding hydrogens is 242 g/mol. The third-order valence-corrected chi connectivity index (χ3v) is 4.56. The molecule has 2 aromatic rings. The molecule has 0 aliphatic heterocycles. The maximum absolute atomic E-state index is 4.18. The van der Waals surface area contributed by atoms with Crippen molar-refractivity contribution in [3.05, 3.63) is 29.3 Å². The van der Waals surface area contributed by atoms with Crippen LogP contribution in [0.4, 0.5) is 0 Å². The van der Waals surface area contributed by atoms with Gasteiger partial charge in [-0.2, -0.15) is 5.10 Å². The summed E-state index contributed by atoms with van der Waals surface area (Å²) >= 11 is 1.76. The van der Waals surface area contributed by atoms with Crippen LogP contribution in [0.5, 0.6) is 0 Å². The van der Waals surface area contributed by atoms with Crippen LogP contribution in [0.2, 0.25) is 0 Å². The molecule has 96 valence electrons. The van der Waals surface area contributed by atoms with Crippen LogP contribution in [-0.4, -0.2) is 16.2 Å². The van der Waals surface area contributed by atoms with Gasteiger partial charge in [-0.3, -0.25) is 5.10 Å². The molecule has 1 aliphatic carbocycles. The molecule has 2 N–H and O–H groups in total. The second kappa shape index (κ2) is 5.67. The van der Waals surface area contributed by atoms with Gasteiger partial charge in [0.15, 0.2) is 0 Å². The zero-order chi connectivity index (χ0) is 12.2. The molecule has 0 spiro atoms. The number of nitrogens with one attached hydrogen (secondary N) is 2. The van der Waals surface area contributed by atoms with Gasteiger partial charge in [-0.05, 0) is 24.3 Å². The van der Waals surface area contributed by atoms with Crippen molar-refractivity contribution in [2.75, 3.05) is 0 Å². The fourth-order valence-corrected chi connectivity index (χ4v) is 3.40. The lowest BCUT2D eigenvalue weighted by atomic mass is 9.95. The highest BCUT2D eigenvalue weighted by Crippen LogP contribution is 2.26. The van der Waals surface area contributed by atoms with Gasteiger partial charge < -0.3 is 5.32 Å². The SMILES string of the molecule is c1csc(-c2[nH]ncc2CNC2CCCCC2)c1. The van der Waals surface area contributed by atoms with E-state index >= 15 is 0 Å². The summed E-state index contributed by atoms with van der Waals surface area (Å²) in [6, 6.07) is 4.92. The highest BCUT2D eigenvalue weighted by molar-refractivity contribution is 7.13. The predicted octanol–water partition coefficient (Wildman–Crippen LogP) is 3.56. The van der Waals surface area contributed by atoms with Gasteiger partial charge in [0.2, 0.25) is 0 Å². The summed E-state index contributed by atoms with van der Waals surface area (Å²) in [5.74, 6) is 0. The fraction of sp³-hybridized carbons (Fsp3) is 0.500. The number of nitrogens with zero attached hydrogens (tertiary/aromatic N) is 1. The summed E-state index contributed by atoms with van der Waals surface area (Å²) in [6.07, 6.45) is 8.76. The van der Waals surface area contributed by atoms with E-state index in [1.54, 1.807) is 11.3 Å². The zero-order valence-corrected chi connectivity index (χ0v) is 11.3. The van der Waals surface area contributed by atoms with Crippen LogP contribution in [0.15, 0.2) is 23.7 Å². The largest absolute Gasteiger partial charge is 0.310 e. The van der Waals surface area contributed by atoms with E-state index in [-0.39, 0.29) is 0 Å². The van der Waals surface area contributed by atoms with E-state index < -0.39 is 0 Å². The fourth-order valence-electron chi connectivity index (χ4n) is 2.64. The molecule has 0 atom stereocenters.